The predicted octanol–water partition coefficient (Wildman–Crippen LogP) is 1.59. The summed E-state index contributed by atoms with van der Waals surface area (Å²) in [6, 6.07) is -0.402. The van der Waals surface area contributed by atoms with Crippen LogP contribution in [0.3, 0.4) is 0 Å². The van der Waals surface area contributed by atoms with Crippen molar-refractivity contribution in [3.63, 3.8) is 0 Å². The number of aliphatic hydroxyl groups is 1. The summed E-state index contributed by atoms with van der Waals surface area (Å²) in [4.78, 5) is 38.2. The highest BCUT2D eigenvalue weighted by Gasteiger charge is 2.24. The molecule has 4 rings (SSSR count). The highest BCUT2D eigenvalue weighted by molar-refractivity contribution is 7.13. The van der Waals surface area contributed by atoms with Crippen LogP contribution >= 0.6 is 11.3 Å². The number of aliphatic hydroxyl groups excluding tert-OH is 1. The summed E-state index contributed by atoms with van der Waals surface area (Å²) in [7, 11) is 1.75. The number of fused-ring (bicyclic) bond motifs is 1. The predicted molar refractivity (Wildman–Crippen MR) is 115 cm³/mol. The summed E-state index contributed by atoms with van der Waals surface area (Å²) in [6.07, 6.45) is 7.88. The fourth-order valence-corrected chi connectivity index (χ4v) is 4.64. The Kier molecular flexibility index (Phi) is 6.23. The summed E-state index contributed by atoms with van der Waals surface area (Å²) in [5, 5.41) is 21.1. The van der Waals surface area contributed by atoms with E-state index >= 15 is 0 Å². The second kappa shape index (κ2) is 9.06. The third kappa shape index (κ3) is 4.57. The van der Waals surface area contributed by atoms with E-state index in [1.54, 1.807) is 24.9 Å². The fourth-order valence-electron chi connectivity index (χ4n) is 3.80. The summed E-state index contributed by atoms with van der Waals surface area (Å²) in [5.74, 6) is -0.478. The average Bonchev–Trinajstić information content (AvgIpc) is 3.40. The molecule has 164 valence electrons. The van der Waals surface area contributed by atoms with Gasteiger partial charge in [-0.05, 0) is 19.8 Å². The molecule has 1 fully saturated rings. The largest absolute Gasteiger partial charge is 0.393 e. The normalized spacial score (nSPS) is 19.8. The Labute approximate surface area is 183 Å². The molecule has 1 aliphatic rings. The van der Waals surface area contributed by atoms with Crippen molar-refractivity contribution >= 4 is 34.2 Å². The monoisotopic (exact) mass is 443 g/mol. The number of carbonyl (C=O) groups excluding carboxylic acids is 2. The number of carbonyl (C=O) groups is 2. The number of nitrogens with one attached hydrogen (secondary N) is 2. The van der Waals surface area contributed by atoms with Gasteiger partial charge >= 0.3 is 0 Å². The Hall–Kier alpha value is -2.92. The molecule has 1 aliphatic carbocycles. The molecule has 1 saturated carbocycles. The van der Waals surface area contributed by atoms with Gasteiger partial charge in [0.1, 0.15) is 21.9 Å². The molecule has 3 N–H and O–H groups in total. The molecular weight excluding hydrogens is 418 g/mol. The van der Waals surface area contributed by atoms with Crippen LogP contribution in [0.4, 0.5) is 0 Å². The van der Waals surface area contributed by atoms with Crippen LogP contribution in [-0.4, -0.2) is 54.3 Å². The van der Waals surface area contributed by atoms with E-state index in [0.717, 1.165) is 25.7 Å². The SMILES string of the molecule is CC(NC(=O)c1ncnc2c1cnn2C)c1ncc(C(=O)NC[C@H]2CCCC[C@@H]2O)s1. The summed E-state index contributed by atoms with van der Waals surface area (Å²) >= 11 is 1.23. The van der Waals surface area contributed by atoms with Gasteiger partial charge in [-0.1, -0.05) is 12.8 Å². The van der Waals surface area contributed by atoms with E-state index in [2.05, 4.69) is 30.7 Å². The number of thiazole rings is 1. The molecule has 0 aromatic carbocycles. The van der Waals surface area contributed by atoms with E-state index in [0.29, 0.717) is 27.5 Å². The minimum absolute atomic E-state index is 0.0977. The topological polar surface area (TPSA) is 135 Å². The van der Waals surface area contributed by atoms with Crippen molar-refractivity contribution < 1.29 is 14.7 Å². The molecule has 3 aromatic rings. The second-order valence-electron chi connectivity index (χ2n) is 7.81. The van der Waals surface area contributed by atoms with Crippen molar-refractivity contribution in [3.05, 3.63) is 34.3 Å². The van der Waals surface area contributed by atoms with E-state index in [9.17, 15) is 14.7 Å². The molecule has 31 heavy (non-hydrogen) atoms. The lowest BCUT2D eigenvalue weighted by Crippen LogP contribution is -2.36. The van der Waals surface area contributed by atoms with Gasteiger partial charge in [0, 0.05) is 19.5 Å². The Balaban J connectivity index is 1.38. The minimum Gasteiger partial charge on any atom is -0.393 e. The van der Waals surface area contributed by atoms with Crippen LogP contribution in [0, 0.1) is 5.92 Å². The summed E-state index contributed by atoms with van der Waals surface area (Å²) < 4.78 is 1.58. The van der Waals surface area contributed by atoms with Gasteiger partial charge in [0.15, 0.2) is 5.65 Å². The van der Waals surface area contributed by atoms with E-state index in [1.807, 2.05) is 0 Å². The number of aromatic nitrogens is 5. The van der Waals surface area contributed by atoms with Crippen LogP contribution in [0.1, 0.15) is 63.8 Å². The van der Waals surface area contributed by atoms with Gasteiger partial charge in [-0.3, -0.25) is 14.3 Å². The van der Waals surface area contributed by atoms with Crippen LogP contribution in [0.2, 0.25) is 0 Å². The zero-order valence-electron chi connectivity index (χ0n) is 17.4. The van der Waals surface area contributed by atoms with E-state index in [1.165, 1.54) is 23.9 Å². The van der Waals surface area contributed by atoms with Crippen molar-refractivity contribution in [3.8, 4) is 0 Å². The molecule has 11 heteroatoms. The van der Waals surface area contributed by atoms with Crippen molar-refractivity contribution in [2.75, 3.05) is 6.54 Å². The number of rotatable bonds is 6. The van der Waals surface area contributed by atoms with Gasteiger partial charge < -0.3 is 15.7 Å². The molecule has 0 aliphatic heterocycles. The number of hydrogen-bond acceptors (Lipinski definition) is 8. The van der Waals surface area contributed by atoms with Gasteiger partial charge in [0.05, 0.1) is 29.9 Å². The zero-order valence-corrected chi connectivity index (χ0v) is 18.2. The lowest BCUT2D eigenvalue weighted by molar-refractivity contribution is 0.0663. The maximum absolute atomic E-state index is 12.7. The Morgan fingerprint density at radius 2 is 2.03 bits per heavy atom. The molecule has 3 aromatic heterocycles. The van der Waals surface area contributed by atoms with Crippen molar-refractivity contribution in [2.24, 2.45) is 13.0 Å². The highest BCUT2D eigenvalue weighted by Crippen LogP contribution is 2.24. The van der Waals surface area contributed by atoms with Gasteiger partial charge in [0.25, 0.3) is 11.8 Å². The first-order valence-electron chi connectivity index (χ1n) is 10.3. The highest BCUT2D eigenvalue weighted by atomic mass is 32.1. The number of nitrogens with zero attached hydrogens (tertiary/aromatic N) is 5. The van der Waals surface area contributed by atoms with Crippen LogP contribution in [0.5, 0.6) is 0 Å². The molecule has 10 nitrogen and oxygen atoms in total. The smallest absolute Gasteiger partial charge is 0.271 e. The first kappa shape index (κ1) is 21.3. The number of hydrogen-bond donors (Lipinski definition) is 3. The third-order valence-corrected chi connectivity index (χ3v) is 6.78. The maximum atomic E-state index is 12.7. The van der Waals surface area contributed by atoms with Crippen molar-refractivity contribution in [1.29, 1.82) is 0 Å². The lowest BCUT2D eigenvalue weighted by Gasteiger charge is -2.27. The van der Waals surface area contributed by atoms with Gasteiger partial charge in [0.2, 0.25) is 0 Å². The quantitative estimate of drug-likeness (QED) is 0.526. The minimum atomic E-state index is -0.402. The summed E-state index contributed by atoms with van der Waals surface area (Å²) in [5.41, 5.74) is 0.814. The van der Waals surface area contributed by atoms with Crippen molar-refractivity contribution in [1.82, 2.24) is 35.4 Å². The van der Waals surface area contributed by atoms with Crippen molar-refractivity contribution in [2.45, 2.75) is 44.8 Å². The van der Waals surface area contributed by atoms with Crippen LogP contribution in [-0.2, 0) is 7.05 Å². The standard InChI is InChI=1S/C20H25N7O3S/c1-11(26-19(30)16-13-8-25-27(2)17(13)24-10-23-16)20-22-9-15(31-20)18(29)21-7-12-5-3-4-6-14(12)28/h8-12,14,28H,3-7H2,1-2H3,(H,21,29)(H,26,30)/t11?,12-,14+/m1/s1. The number of amides is 2. The first-order chi connectivity index (χ1) is 14.9. The van der Waals surface area contributed by atoms with Gasteiger partial charge in [-0.15, -0.1) is 11.3 Å². The van der Waals surface area contributed by atoms with Crippen LogP contribution in [0.15, 0.2) is 18.7 Å². The molecule has 1 unspecified atom stereocenters. The number of aryl methyl sites for hydroxylation is 1. The van der Waals surface area contributed by atoms with E-state index < -0.39 is 6.04 Å². The molecule has 0 bridgehead atoms. The average molecular weight is 444 g/mol. The molecular formula is C20H25N7O3S. The van der Waals surface area contributed by atoms with E-state index in [4.69, 9.17) is 0 Å². The molecule has 0 radical (unpaired) electrons. The van der Waals surface area contributed by atoms with Gasteiger partial charge in [-0.2, -0.15) is 5.10 Å². The molecule has 3 heterocycles. The van der Waals surface area contributed by atoms with Crippen LogP contribution in [0.25, 0.3) is 11.0 Å². The zero-order chi connectivity index (χ0) is 22.0. The second-order valence-corrected chi connectivity index (χ2v) is 8.87. The first-order valence-corrected chi connectivity index (χ1v) is 11.1. The molecule has 0 saturated heterocycles. The Morgan fingerprint density at radius 1 is 1.23 bits per heavy atom. The maximum Gasteiger partial charge on any atom is 0.271 e. The fraction of sp³-hybridized carbons (Fsp3) is 0.500. The van der Waals surface area contributed by atoms with E-state index in [-0.39, 0.29) is 29.5 Å². The lowest BCUT2D eigenvalue weighted by atomic mass is 9.86. The Bertz CT molecular complexity index is 1100. The third-order valence-electron chi connectivity index (χ3n) is 5.60. The molecule has 0 spiro atoms. The Morgan fingerprint density at radius 3 is 2.84 bits per heavy atom. The van der Waals surface area contributed by atoms with Crippen LogP contribution < -0.4 is 10.6 Å². The van der Waals surface area contributed by atoms with Gasteiger partial charge in [-0.25, -0.2) is 15.0 Å². The summed E-state index contributed by atoms with van der Waals surface area (Å²) in [6.45, 7) is 2.26. The molecule has 2 amide bonds. The molecule has 3 atom stereocenters.